The van der Waals surface area contributed by atoms with Crippen LogP contribution >= 0.6 is 0 Å². The fourth-order valence-corrected chi connectivity index (χ4v) is 1.08. The predicted octanol–water partition coefficient (Wildman–Crippen LogP) is 0.805. The number of rotatable bonds is 5. The molecule has 0 saturated heterocycles. The minimum absolute atomic E-state index is 0.0172. The van der Waals surface area contributed by atoms with Crippen LogP contribution in [-0.2, 0) is 4.79 Å². The fourth-order valence-electron chi connectivity index (χ4n) is 1.08. The lowest BCUT2D eigenvalue weighted by molar-refractivity contribution is -0.138. The van der Waals surface area contributed by atoms with Gasteiger partial charge in [0.15, 0.2) is 0 Å². The lowest BCUT2D eigenvalue weighted by Crippen LogP contribution is -2.34. The first kappa shape index (κ1) is 11.0. The van der Waals surface area contributed by atoms with Crippen molar-refractivity contribution in [3.05, 3.63) is 0 Å². The van der Waals surface area contributed by atoms with Gasteiger partial charge in [-0.15, -0.1) is 6.42 Å². The second-order valence-electron chi connectivity index (χ2n) is 2.71. The first-order chi connectivity index (χ1) is 5.61. The maximum Gasteiger partial charge on any atom is 0.304 e. The van der Waals surface area contributed by atoms with Crippen molar-refractivity contribution >= 4 is 5.97 Å². The molecule has 1 N–H and O–H groups in total. The van der Waals surface area contributed by atoms with Gasteiger partial charge in [0.1, 0.15) is 0 Å². The molecule has 1 unspecified atom stereocenters. The highest BCUT2D eigenvalue weighted by molar-refractivity contribution is 5.67. The molecule has 0 heterocycles. The molecule has 0 amide bonds. The maximum atomic E-state index is 10.4. The highest BCUT2D eigenvalue weighted by Crippen LogP contribution is 2.02. The third-order valence-electron chi connectivity index (χ3n) is 1.79. The summed E-state index contributed by atoms with van der Waals surface area (Å²) in [6.07, 6.45) is 5.28. The van der Waals surface area contributed by atoms with Crippen LogP contribution in [-0.4, -0.2) is 35.1 Å². The van der Waals surface area contributed by atoms with Crippen molar-refractivity contribution in [2.45, 2.75) is 26.3 Å². The van der Waals surface area contributed by atoms with Gasteiger partial charge in [0, 0.05) is 6.04 Å². The van der Waals surface area contributed by atoms with E-state index in [9.17, 15) is 4.79 Å². The molecule has 0 aliphatic carbocycles. The smallest absolute Gasteiger partial charge is 0.304 e. The highest BCUT2D eigenvalue weighted by atomic mass is 16.4. The SMILES string of the molecule is C#CCN(CC)C(C)CC(=O)O. The van der Waals surface area contributed by atoms with E-state index >= 15 is 0 Å². The van der Waals surface area contributed by atoms with Crippen molar-refractivity contribution < 1.29 is 9.90 Å². The molecule has 0 fully saturated rings. The minimum atomic E-state index is -0.780. The van der Waals surface area contributed by atoms with Crippen molar-refractivity contribution in [2.75, 3.05) is 13.1 Å². The summed E-state index contributed by atoms with van der Waals surface area (Å²) in [7, 11) is 0. The quantitative estimate of drug-likeness (QED) is 0.619. The highest BCUT2D eigenvalue weighted by Gasteiger charge is 2.13. The number of carboxylic acids is 1. The van der Waals surface area contributed by atoms with Crippen LogP contribution in [0.2, 0.25) is 0 Å². The summed E-state index contributed by atoms with van der Waals surface area (Å²) in [6.45, 7) is 5.15. The molecule has 0 radical (unpaired) electrons. The summed E-state index contributed by atoms with van der Waals surface area (Å²) >= 11 is 0. The van der Waals surface area contributed by atoms with Crippen molar-refractivity contribution in [1.82, 2.24) is 4.90 Å². The molecule has 3 nitrogen and oxygen atoms in total. The normalized spacial score (nSPS) is 12.5. The fraction of sp³-hybridized carbons (Fsp3) is 0.667. The molecule has 68 valence electrons. The third-order valence-corrected chi connectivity index (χ3v) is 1.79. The first-order valence-corrected chi connectivity index (χ1v) is 4.01. The van der Waals surface area contributed by atoms with Gasteiger partial charge in [0.25, 0.3) is 0 Å². The van der Waals surface area contributed by atoms with Crippen LogP contribution in [0.15, 0.2) is 0 Å². The Labute approximate surface area is 73.4 Å². The zero-order chi connectivity index (χ0) is 9.56. The van der Waals surface area contributed by atoms with Crippen LogP contribution in [0.5, 0.6) is 0 Å². The van der Waals surface area contributed by atoms with E-state index < -0.39 is 5.97 Å². The third kappa shape index (κ3) is 3.99. The number of carbonyl (C=O) groups is 1. The Hall–Kier alpha value is -1.01. The molecular weight excluding hydrogens is 154 g/mol. The standard InChI is InChI=1S/C9H15NO2/c1-4-6-10(5-2)8(3)7-9(11)12/h1,8H,5-7H2,2-3H3,(H,11,12). The second kappa shape index (κ2) is 5.62. The summed E-state index contributed by atoms with van der Waals surface area (Å²) in [6, 6.07) is 0.0172. The van der Waals surface area contributed by atoms with E-state index in [0.717, 1.165) is 6.54 Å². The van der Waals surface area contributed by atoms with Gasteiger partial charge in [0.05, 0.1) is 13.0 Å². The van der Waals surface area contributed by atoms with Gasteiger partial charge < -0.3 is 5.11 Å². The summed E-state index contributed by atoms with van der Waals surface area (Å²) in [5.74, 6) is 1.73. The predicted molar refractivity (Wildman–Crippen MR) is 47.8 cm³/mol. The summed E-state index contributed by atoms with van der Waals surface area (Å²) in [4.78, 5) is 12.3. The molecule has 0 aromatic rings. The molecule has 3 heteroatoms. The van der Waals surface area contributed by atoms with Crippen LogP contribution in [0.1, 0.15) is 20.3 Å². The van der Waals surface area contributed by atoms with Gasteiger partial charge in [-0.2, -0.15) is 0 Å². The van der Waals surface area contributed by atoms with Gasteiger partial charge in [-0.3, -0.25) is 9.69 Å². The van der Waals surface area contributed by atoms with Gasteiger partial charge >= 0.3 is 5.97 Å². The van der Waals surface area contributed by atoms with E-state index in [0.29, 0.717) is 6.54 Å². The van der Waals surface area contributed by atoms with Gasteiger partial charge in [-0.05, 0) is 13.5 Å². The molecule has 0 saturated carbocycles. The van der Waals surface area contributed by atoms with Crippen LogP contribution in [0.25, 0.3) is 0 Å². The molecular formula is C9H15NO2. The summed E-state index contributed by atoms with van der Waals surface area (Å²) < 4.78 is 0. The monoisotopic (exact) mass is 169 g/mol. The number of hydrogen-bond acceptors (Lipinski definition) is 2. The maximum absolute atomic E-state index is 10.4. The first-order valence-electron chi connectivity index (χ1n) is 4.01. The Morgan fingerprint density at radius 2 is 2.33 bits per heavy atom. The van der Waals surface area contributed by atoms with Crippen molar-refractivity contribution in [3.8, 4) is 12.3 Å². The number of terminal acetylenes is 1. The van der Waals surface area contributed by atoms with Gasteiger partial charge in [-0.25, -0.2) is 0 Å². The summed E-state index contributed by atoms with van der Waals surface area (Å²) in [5.41, 5.74) is 0. The Bertz CT molecular complexity index is 183. The zero-order valence-electron chi connectivity index (χ0n) is 7.58. The van der Waals surface area contributed by atoms with Crippen molar-refractivity contribution in [1.29, 1.82) is 0 Å². The van der Waals surface area contributed by atoms with Crippen LogP contribution < -0.4 is 0 Å². The van der Waals surface area contributed by atoms with E-state index in [4.69, 9.17) is 11.5 Å². The average molecular weight is 169 g/mol. The minimum Gasteiger partial charge on any atom is -0.481 e. The number of aliphatic carboxylic acids is 1. The van der Waals surface area contributed by atoms with E-state index in [2.05, 4.69) is 5.92 Å². The van der Waals surface area contributed by atoms with Gasteiger partial charge in [0.2, 0.25) is 0 Å². The number of hydrogen-bond donors (Lipinski definition) is 1. The molecule has 0 aromatic carbocycles. The topological polar surface area (TPSA) is 40.5 Å². The second-order valence-corrected chi connectivity index (χ2v) is 2.71. The Balaban J connectivity index is 3.94. The molecule has 0 aliphatic rings. The van der Waals surface area contributed by atoms with Crippen LogP contribution in [0, 0.1) is 12.3 Å². The van der Waals surface area contributed by atoms with E-state index in [-0.39, 0.29) is 12.5 Å². The molecule has 0 aromatic heterocycles. The Morgan fingerprint density at radius 1 is 1.75 bits per heavy atom. The zero-order valence-corrected chi connectivity index (χ0v) is 7.58. The molecule has 1 atom stereocenters. The largest absolute Gasteiger partial charge is 0.481 e. The van der Waals surface area contributed by atoms with E-state index in [1.165, 1.54) is 0 Å². The van der Waals surface area contributed by atoms with Crippen LogP contribution in [0.3, 0.4) is 0 Å². The number of carboxylic acid groups (broad SMARTS) is 1. The van der Waals surface area contributed by atoms with Crippen LogP contribution in [0.4, 0.5) is 0 Å². The molecule has 12 heavy (non-hydrogen) atoms. The van der Waals surface area contributed by atoms with Crippen molar-refractivity contribution in [3.63, 3.8) is 0 Å². The Morgan fingerprint density at radius 3 is 2.67 bits per heavy atom. The molecule has 0 spiro atoms. The molecule has 0 rings (SSSR count). The van der Waals surface area contributed by atoms with Crippen molar-refractivity contribution in [2.24, 2.45) is 0 Å². The lowest BCUT2D eigenvalue weighted by atomic mass is 10.2. The lowest BCUT2D eigenvalue weighted by Gasteiger charge is -2.23. The number of nitrogens with zero attached hydrogens (tertiary/aromatic N) is 1. The van der Waals surface area contributed by atoms with E-state index in [1.807, 2.05) is 18.7 Å². The average Bonchev–Trinajstić information content (AvgIpc) is 1.98. The molecule has 0 aliphatic heterocycles. The summed E-state index contributed by atoms with van der Waals surface area (Å²) in [5, 5.41) is 8.52. The molecule has 0 bridgehead atoms. The van der Waals surface area contributed by atoms with E-state index in [1.54, 1.807) is 0 Å². The van der Waals surface area contributed by atoms with Gasteiger partial charge in [-0.1, -0.05) is 12.8 Å². The Kier molecular flexibility index (Phi) is 5.14.